The van der Waals surface area contributed by atoms with Crippen molar-refractivity contribution in [2.45, 2.75) is 38.5 Å². The Morgan fingerprint density at radius 1 is 0.947 bits per heavy atom. The van der Waals surface area contributed by atoms with Gasteiger partial charge in [-0.25, -0.2) is 9.67 Å². The lowest BCUT2D eigenvalue weighted by Gasteiger charge is -2.22. The lowest BCUT2D eigenvalue weighted by molar-refractivity contribution is -0.137. The second-order valence-corrected chi connectivity index (χ2v) is 9.35. The van der Waals surface area contributed by atoms with Crippen molar-refractivity contribution in [3.05, 3.63) is 113 Å². The first-order chi connectivity index (χ1) is 18.4. The quantitative estimate of drug-likeness (QED) is 0.335. The number of benzene rings is 2. The second-order valence-electron chi connectivity index (χ2n) is 9.35. The molecule has 0 radical (unpaired) electrons. The molecule has 0 saturated carbocycles. The molecule has 1 aliphatic rings. The van der Waals surface area contributed by atoms with Crippen LogP contribution in [0.1, 0.15) is 45.7 Å². The minimum absolute atomic E-state index is 0.0491. The molecule has 0 fully saturated rings. The van der Waals surface area contributed by atoms with Crippen molar-refractivity contribution in [1.29, 1.82) is 0 Å². The fourth-order valence-corrected chi connectivity index (χ4v) is 4.72. The maximum Gasteiger partial charge on any atom is 0.287 e. The molecule has 192 valence electrons. The topological polar surface area (TPSA) is 123 Å². The molecule has 38 heavy (non-hydrogen) atoms. The van der Waals surface area contributed by atoms with E-state index in [4.69, 9.17) is 10.8 Å². The van der Waals surface area contributed by atoms with Crippen LogP contribution in [0.2, 0.25) is 0 Å². The predicted molar refractivity (Wildman–Crippen MR) is 141 cm³/mol. The Kier molecular flexibility index (Phi) is 7.10. The number of primary amides is 1. The van der Waals surface area contributed by atoms with E-state index in [0.717, 1.165) is 24.3 Å². The summed E-state index contributed by atoms with van der Waals surface area (Å²) in [5, 5.41) is 7.41. The zero-order chi connectivity index (χ0) is 26.6. The van der Waals surface area contributed by atoms with Crippen molar-refractivity contribution in [2.24, 2.45) is 5.73 Å². The Balaban J connectivity index is 1.36. The van der Waals surface area contributed by atoms with E-state index in [-0.39, 0.29) is 18.0 Å². The van der Waals surface area contributed by atoms with E-state index >= 15 is 0 Å². The van der Waals surface area contributed by atoms with Gasteiger partial charge in [-0.3, -0.25) is 19.3 Å². The third-order valence-electron chi connectivity index (χ3n) is 6.85. The number of amides is 2. The summed E-state index contributed by atoms with van der Waals surface area (Å²) in [6.45, 7) is 3.80. The minimum Gasteiger partial charge on any atom is -0.363 e. The maximum absolute atomic E-state index is 13.3. The van der Waals surface area contributed by atoms with Gasteiger partial charge in [0.15, 0.2) is 5.82 Å². The number of hydrogen-bond acceptors (Lipinski definition) is 6. The Hall–Kier alpha value is -4.63. The highest BCUT2D eigenvalue weighted by Gasteiger charge is 2.28. The standard InChI is InChI=1S/C29H28N6O3/c1-19(34-17-21-10-5-6-11-22(21)18-34)24-13-15-35(33-24)28-23(12-7-14-31-28)29(38)32-25(26(36)27(30)37)16-20-8-3-2-4-9-20/h2-15,19,25H,16-18H2,1H3,(H2,30,37)(H,32,38). The molecule has 0 bridgehead atoms. The Bertz CT molecular complexity index is 1460. The summed E-state index contributed by atoms with van der Waals surface area (Å²) in [5.41, 5.74) is 9.76. The van der Waals surface area contributed by atoms with Gasteiger partial charge in [-0.05, 0) is 41.8 Å². The molecule has 2 aromatic heterocycles. The van der Waals surface area contributed by atoms with Gasteiger partial charge >= 0.3 is 0 Å². The number of nitrogens with zero attached hydrogens (tertiary/aromatic N) is 4. The maximum atomic E-state index is 13.3. The summed E-state index contributed by atoms with van der Waals surface area (Å²) in [6, 6.07) is 21.6. The van der Waals surface area contributed by atoms with Crippen molar-refractivity contribution in [3.63, 3.8) is 0 Å². The minimum atomic E-state index is -1.11. The molecule has 0 spiro atoms. The largest absolute Gasteiger partial charge is 0.363 e. The van der Waals surface area contributed by atoms with Crippen LogP contribution in [0.25, 0.3) is 5.82 Å². The van der Waals surface area contributed by atoms with Gasteiger partial charge in [-0.2, -0.15) is 5.10 Å². The normalized spacial score (nSPS) is 14.4. The number of rotatable bonds is 9. The molecular weight excluding hydrogens is 480 g/mol. The van der Waals surface area contributed by atoms with Crippen LogP contribution in [-0.2, 0) is 29.1 Å². The summed E-state index contributed by atoms with van der Waals surface area (Å²) in [6.07, 6.45) is 3.47. The van der Waals surface area contributed by atoms with E-state index in [1.165, 1.54) is 11.1 Å². The number of ketones is 1. The highest BCUT2D eigenvalue weighted by Crippen LogP contribution is 2.30. The van der Waals surface area contributed by atoms with E-state index in [1.807, 2.05) is 36.4 Å². The zero-order valence-electron chi connectivity index (χ0n) is 20.9. The fraction of sp³-hybridized carbons (Fsp3) is 0.207. The van der Waals surface area contributed by atoms with Gasteiger partial charge in [0.25, 0.3) is 11.8 Å². The molecular formula is C29H28N6O3. The summed E-state index contributed by atoms with van der Waals surface area (Å²) < 4.78 is 1.56. The first-order valence-corrected chi connectivity index (χ1v) is 12.4. The van der Waals surface area contributed by atoms with Crippen molar-refractivity contribution in [3.8, 4) is 5.82 Å². The Morgan fingerprint density at radius 2 is 1.63 bits per heavy atom. The molecule has 3 N–H and O–H groups in total. The van der Waals surface area contributed by atoms with Crippen LogP contribution in [0, 0.1) is 0 Å². The molecule has 4 aromatic rings. The molecule has 9 heteroatoms. The SMILES string of the molecule is CC(c1ccn(-c2ncccc2C(=O)NC(Cc2ccccc2)C(=O)C(N)=O)n1)N1Cc2ccccc2C1. The van der Waals surface area contributed by atoms with E-state index in [0.29, 0.717) is 5.82 Å². The molecule has 1 aliphatic heterocycles. The summed E-state index contributed by atoms with van der Waals surface area (Å²) in [4.78, 5) is 44.3. The van der Waals surface area contributed by atoms with E-state index < -0.39 is 23.6 Å². The number of Topliss-reactive ketones (excluding diaryl/α,β-unsaturated/α-hetero) is 1. The predicted octanol–water partition coefficient (Wildman–Crippen LogP) is 2.74. The van der Waals surface area contributed by atoms with Gasteiger partial charge in [-0.1, -0.05) is 54.6 Å². The van der Waals surface area contributed by atoms with Gasteiger partial charge in [0.1, 0.15) is 6.04 Å². The monoisotopic (exact) mass is 508 g/mol. The number of fused-ring (bicyclic) bond motifs is 1. The number of carbonyl (C=O) groups is 3. The Morgan fingerprint density at radius 3 is 2.32 bits per heavy atom. The fourth-order valence-electron chi connectivity index (χ4n) is 4.72. The zero-order valence-corrected chi connectivity index (χ0v) is 20.9. The smallest absolute Gasteiger partial charge is 0.287 e. The van der Waals surface area contributed by atoms with Crippen LogP contribution in [-0.4, -0.2) is 43.3 Å². The van der Waals surface area contributed by atoms with Gasteiger partial charge in [0.05, 0.1) is 17.3 Å². The summed E-state index contributed by atoms with van der Waals surface area (Å²) in [5.74, 6) is -2.20. The molecule has 0 saturated heterocycles. The molecule has 2 atom stereocenters. The van der Waals surface area contributed by atoms with Crippen LogP contribution in [0.4, 0.5) is 0 Å². The lowest BCUT2D eigenvalue weighted by atomic mass is 10.0. The van der Waals surface area contributed by atoms with E-state index in [9.17, 15) is 14.4 Å². The summed E-state index contributed by atoms with van der Waals surface area (Å²) >= 11 is 0. The molecule has 2 aromatic carbocycles. The van der Waals surface area contributed by atoms with Crippen molar-refractivity contribution < 1.29 is 14.4 Å². The Labute approximate surface area is 220 Å². The van der Waals surface area contributed by atoms with Gasteiger partial charge < -0.3 is 11.1 Å². The number of nitrogens with one attached hydrogen (secondary N) is 1. The number of aromatic nitrogens is 3. The lowest BCUT2D eigenvalue weighted by Crippen LogP contribution is -2.47. The number of pyridine rings is 1. The average molecular weight is 509 g/mol. The average Bonchev–Trinajstić information content (AvgIpc) is 3.60. The number of carbonyl (C=O) groups excluding carboxylic acids is 3. The van der Waals surface area contributed by atoms with Crippen LogP contribution in [0.15, 0.2) is 85.2 Å². The van der Waals surface area contributed by atoms with Crippen LogP contribution < -0.4 is 11.1 Å². The van der Waals surface area contributed by atoms with Gasteiger partial charge in [0.2, 0.25) is 5.78 Å². The van der Waals surface area contributed by atoms with E-state index in [2.05, 4.69) is 46.4 Å². The molecule has 9 nitrogen and oxygen atoms in total. The highest BCUT2D eigenvalue weighted by molar-refractivity contribution is 6.38. The highest BCUT2D eigenvalue weighted by atomic mass is 16.2. The van der Waals surface area contributed by atoms with Crippen LogP contribution >= 0.6 is 0 Å². The third kappa shape index (κ3) is 5.23. The van der Waals surface area contributed by atoms with Crippen molar-refractivity contribution >= 4 is 17.6 Å². The first kappa shape index (κ1) is 25.0. The molecule has 2 amide bonds. The first-order valence-electron chi connectivity index (χ1n) is 12.4. The van der Waals surface area contributed by atoms with Gasteiger partial charge in [0, 0.05) is 31.9 Å². The van der Waals surface area contributed by atoms with Crippen molar-refractivity contribution in [1.82, 2.24) is 25.0 Å². The van der Waals surface area contributed by atoms with Crippen LogP contribution in [0.3, 0.4) is 0 Å². The second kappa shape index (κ2) is 10.8. The molecule has 3 heterocycles. The van der Waals surface area contributed by atoms with Gasteiger partial charge in [-0.15, -0.1) is 0 Å². The third-order valence-corrected chi connectivity index (χ3v) is 6.85. The van der Waals surface area contributed by atoms with Crippen molar-refractivity contribution in [2.75, 3.05) is 0 Å². The molecule has 0 aliphatic carbocycles. The molecule has 2 unspecified atom stereocenters. The number of nitrogens with two attached hydrogens (primary N) is 1. The van der Waals surface area contributed by atoms with E-state index in [1.54, 1.807) is 29.2 Å². The number of hydrogen-bond donors (Lipinski definition) is 2. The molecule has 5 rings (SSSR count). The summed E-state index contributed by atoms with van der Waals surface area (Å²) in [7, 11) is 0. The van der Waals surface area contributed by atoms with Crippen LogP contribution in [0.5, 0.6) is 0 Å².